The molecule has 30 heavy (non-hydrogen) atoms. The van der Waals surface area contributed by atoms with Gasteiger partial charge >= 0.3 is 12.1 Å². The van der Waals surface area contributed by atoms with Crippen molar-refractivity contribution in [1.82, 2.24) is 20.0 Å². The Bertz CT molecular complexity index is 707. The molecule has 4 rings (SSSR count). The quantitative estimate of drug-likeness (QED) is 0.762. The normalized spacial score (nSPS) is 24.0. The molecule has 5 nitrogen and oxygen atoms in total. The number of piperidine rings is 1. The van der Waals surface area contributed by atoms with Crippen molar-refractivity contribution in [3.05, 3.63) is 35.9 Å². The van der Waals surface area contributed by atoms with E-state index in [0.29, 0.717) is 6.04 Å². The second kappa shape index (κ2) is 8.85. The molecule has 2 saturated heterocycles. The van der Waals surface area contributed by atoms with Gasteiger partial charge in [0.2, 0.25) is 0 Å². The summed E-state index contributed by atoms with van der Waals surface area (Å²) < 4.78 is 38.3. The predicted molar refractivity (Wildman–Crippen MR) is 109 cm³/mol. The molecule has 3 aliphatic rings. The molecule has 166 valence electrons. The number of likely N-dealkylation sites (tertiary alicyclic amines) is 1. The number of nitrogens with zero attached hydrogens (tertiary/aromatic N) is 3. The number of carbonyl (C=O) groups excluding carboxylic acids is 1. The van der Waals surface area contributed by atoms with Crippen molar-refractivity contribution < 1.29 is 18.0 Å². The third-order valence-corrected chi connectivity index (χ3v) is 6.92. The van der Waals surface area contributed by atoms with Gasteiger partial charge in [-0.3, -0.25) is 19.5 Å². The maximum absolute atomic E-state index is 12.8. The Morgan fingerprint density at radius 1 is 1.00 bits per heavy atom. The van der Waals surface area contributed by atoms with Crippen molar-refractivity contribution in [2.45, 2.75) is 50.0 Å². The summed E-state index contributed by atoms with van der Waals surface area (Å²) in [4.78, 5) is 18.7. The molecule has 0 aromatic heterocycles. The summed E-state index contributed by atoms with van der Waals surface area (Å²) in [5.74, 6) is -1.83. The highest BCUT2D eigenvalue weighted by molar-refractivity contribution is 5.81. The van der Waals surface area contributed by atoms with Crippen LogP contribution in [0.4, 0.5) is 13.2 Å². The van der Waals surface area contributed by atoms with Crippen molar-refractivity contribution in [2.75, 3.05) is 45.8 Å². The summed E-state index contributed by atoms with van der Waals surface area (Å²) in [6, 6.07) is 11.0. The minimum Gasteiger partial charge on any atom is -0.346 e. The van der Waals surface area contributed by atoms with Gasteiger partial charge in [-0.25, -0.2) is 0 Å². The maximum atomic E-state index is 12.8. The molecule has 0 atom stereocenters. The first-order valence-electron chi connectivity index (χ1n) is 11.0. The van der Waals surface area contributed by atoms with Crippen LogP contribution in [0.25, 0.3) is 0 Å². The predicted octanol–water partition coefficient (Wildman–Crippen LogP) is 2.48. The van der Waals surface area contributed by atoms with Crippen LogP contribution in [0, 0.1) is 0 Å². The maximum Gasteiger partial charge on any atom is 0.471 e. The topological polar surface area (TPSA) is 38.8 Å². The van der Waals surface area contributed by atoms with Crippen LogP contribution in [-0.2, 0) is 11.3 Å². The summed E-state index contributed by atoms with van der Waals surface area (Å²) in [7, 11) is 0. The van der Waals surface area contributed by atoms with Crippen molar-refractivity contribution in [3.8, 4) is 0 Å². The molecular weight excluding hydrogens is 393 g/mol. The second-order valence-corrected chi connectivity index (χ2v) is 8.92. The molecule has 8 heteroatoms. The molecule has 1 aromatic carbocycles. The van der Waals surface area contributed by atoms with Crippen LogP contribution in [0.2, 0.25) is 0 Å². The molecule has 1 aromatic rings. The molecule has 0 spiro atoms. The van der Waals surface area contributed by atoms with Crippen molar-refractivity contribution in [2.24, 2.45) is 0 Å². The summed E-state index contributed by atoms with van der Waals surface area (Å²) >= 11 is 0. The van der Waals surface area contributed by atoms with E-state index >= 15 is 0 Å². The van der Waals surface area contributed by atoms with E-state index in [2.05, 4.69) is 32.1 Å². The van der Waals surface area contributed by atoms with Gasteiger partial charge in [-0.1, -0.05) is 30.3 Å². The number of alkyl halides is 3. The fraction of sp³-hybridized carbons (Fsp3) is 0.682. The molecule has 0 unspecified atom stereocenters. The van der Waals surface area contributed by atoms with Crippen LogP contribution < -0.4 is 5.32 Å². The van der Waals surface area contributed by atoms with Gasteiger partial charge in [0.1, 0.15) is 0 Å². The first-order valence-corrected chi connectivity index (χ1v) is 11.0. The van der Waals surface area contributed by atoms with E-state index in [-0.39, 0.29) is 6.54 Å². The number of rotatable bonds is 6. The standard InChI is InChI=1S/C22H31F3N4O/c23-22(24,25)20(30)26-17-21(29-14-12-28(13-15-29)19-6-7-19)8-10-27(11-9-21)16-18-4-2-1-3-5-18/h1-5,19H,6-17H2,(H,26,30). The van der Waals surface area contributed by atoms with E-state index in [0.717, 1.165) is 58.7 Å². The second-order valence-electron chi connectivity index (χ2n) is 8.92. The fourth-order valence-electron chi connectivity index (χ4n) is 4.92. The number of amides is 1. The third-order valence-electron chi connectivity index (χ3n) is 6.92. The molecular formula is C22H31F3N4O. The number of piperazine rings is 1. The van der Waals surface area contributed by atoms with Crippen LogP contribution in [-0.4, -0.2) is 84.2 Å². The summed E-state index contributed by atoms with van der Waals surface area (Å²) in [6.45, 7) is 6.20. The van der Waals surface area contributed by atoms with Gasteiger partial charge in [0.25, 0.3) is 0 Å². The SMILES string of the molecule is O=C(NCC1(N2CCN(C3CC3)CC2)CCN(Cc2ccccc2)CC1)C(F)(F)F. The van der Waals surface area contributed by atoms with Crippen LogP contribution in [0.5, 0.6) is 0 Å². The van der Waals surface area contributed by atoms with E-state index in [1.165, 1.54) is 18.4 Å². The average molecular weight is 425 g/mol. The first kappa shape index (κ1) is 21.6. The molecule has 0 radical (unpaired) electrons. The fourth-order valence-corrected chi connectivity index (χ4v) is 4.92. The van der Waals surface area contributed by atoms with Crippen molar-refractivity contribution >= 4 is 5.91 Å². The number of nitrogens with one attached hydrogen (secondary N) is 1. The minimum absolute atomic E-state index is 0.0634. The lowest BCUT2D eigenvalue weighted by Gasteiger charge is -2.51. The van der Waals surface area contributed by atoms with Gasteiger partial charge < -0.3 is 5.32 Å². The number of halogens is 3. The molecule has 3 fully saturated rings. The summed E-state index contributed by atoms with van der Waals surface area (Å²) in [5.41, 5.74) is 0.845. The Kier molecular flexibility index (Phi) is 6.36. The lowest BCUT2D eigenvalue weighted by molar-refractivity contribution is -0.174. The summed E-state index contributed by atoms with van der Waals surface area (Å²) in [5, 5.41) is 2.20. The molecule has 1 saturated carbocycles. The van der Waals surface area contributed by atoms with E-state index in [9.17, 15) is 18.0 Å². The van der Waals surface area contributed by atoms with Crippen LogP contribution in [0.1, 0.15) is 31.2 Å². The largest absolute Gasteiger partial charge is 0.471 e. The Morgan fingerprint density at radius 2 is 1.63 bits per heavy atom. The minimum atomic E-state index is -4.83. The lowest BCUT2D eigenvalue weighted by Crippen LogP contribution is -2.65. The average Bonchev–Trinajstić information content (AvgIpc) is 3.59. The smallest absolute Gasteiger partial charge is 0.346 e. The molecule has 1 amide bonds. The van der Waals surface area contributed by atoms with Crippen molar-refractivity contribution in [3.63, 3.8) is 0 Å². The van der Waals surface area contributed by atoms with E-state index in [4.69, 9.17) is 0 Å². The monoisotopic (exact) mass is 424 g/mol. The molecule has 1 aliphatic carbocycles. The Labute approximate surface area is 176 Å². The van der Waals surface area contributed by atoms with Crippen LogP contribution in [0.3, 0.4) is 0 Å². The zero-order chi connectivity index (χ0) is 21.2. The van der Waals surface area contributed by atoms with Crippen LogP contribution in [0.15, 0.2) is 30.3 Å². The van der Waals surface area contributed by atoms with E-state index < -0.39 is 17.6 Å². The van der Waals surface area contributed by atoms with E-state index in [1.54, 1.807) is 0 Å². The third kappa shape index (κ3) is 5.15. The zero-order valence-corrected chi connectivity index (χ0v) is 17.3. The van der Waals surface area contributed by atoms with Gasteiger partial charge in [0.05, 0.1) is 0 Å². The number of hydrogen-bond acceptors (Lipinski definition) is 4. The van der Waals surface area contributed by atoms with E-state index in [1.807, 2.05) is 18.2 Å². The highest BCUT2D eigenvalue weighted by Crippen LogP contribution is 2.33. The van der Waals surface area contributed by atoms with Gasteiger partial charge in [-0.05, 0) is 31.2 Å². The Balaban J connectivity index is 1.39. The van der Waals surface area contributed by atoms with Crippen LogP contribution >= 0.6 is 0 Å². The Hall–Kier alpha value is -1.64. The molecule has 2 heterocycles. The zero-order valence-electron chi connectivity index (χ0n) is 17.3. The molecule has 2 aliphatic heterocycles. The van der Waals surface area contributed by atoms with Gasteiger partial charge in [-0.2, -0.15) is 13.2 Å². The number of hydrogen-bond donors (Lipinski definition) is 1. The highest BCUT2D eigenvalue weighted by atomic mass is 19.4. The number of benzene rings is 1. The summed E-state index contributed by atoms with van der Waals surface area (Å²) in [6.07, 6.45) is -0.773. The Morgan fingerprint density at radius 3 is 2.20 bits per heavy atom. The van der Waals surface area contributed by atoms with Gasteiger partial charge in [-0.15, -0.1) is 0 Å². The molecule has 1 N–H and O–H groups in total. The van der Waals surface area contributed by atoms with Gasteiger partial charge in [0.15, 0.2) is 0 Å². The lowest BCUT2D eigenvalue weighted by atomic mass is 9.84. The van der Waals surface area contributed by atoms with Crippen molar-refractivity contribution in [1.29, 1.82) is 0 Å². The number of carbonyl (C=O) groups is 1. The van der Waals surface area contributed by atoms with Gasteiger partial charge in [0, 0.05) is 63.9 Å². The highest BCUT2D eigenvalue weighted by Gasteiger charge is 2.45. The first-order chi connectivity index (χ1) is 14.4. The molecule has 0 bridgehead atoms.